The normalized spacial score (nSPS) is 11.6. The van der Waals surface area contributed by atoms with Crippen molar-refractivity contribution in [3.05, 3.63) is 64.2 Å². The fraction of sp³-hybridized carbons (Fsp3) is 0.188. The van der Waals surface area contributed by atoms with Crippen molar-refractivity contribution >= 4 is 11.6 Å². The van der Waals surface area contributed by atoms with Crippen molar-refractivity contribution in [2.45, 2.75) is 13.0 Å². The van der Waals surface area contributed by atoms with Crippen LogP contribution in [0.3, 0.4) is 0 Å². The highest BCUT2D eigenvalue weighted by Crippen LogP contribution is 2.24. The lowest BCUT2D eigenvalue weighted by molar-refractivity contribution is -0.384. The highest BCUT2D eigenvalue weighted by molar-refractivity contribution is 5.94. The molecule has 0 aliphatic rings. The summed E-state index contributed by atoms with van der Waals surface area (Å²) in [6.45, 7) is 1.74. The quantitative estimate of drug-likeness (QED) is 0.630. The lowest BCUT2D eigenvalue weighted by Crippen LogP contribution is -2.30. The molecular weight excluding hydrogens is 300 g/mol. The van der Waals surface area contributed by atoms with Crippen LogP contribution < -0.4 is 10.1 Å². The van der Waals surface area contributed by atoms with Crippen LogP contribution in [0, 0.1) is 10.1 Å². The van der Waals surface area contributed by atoms with Gasteiger partial charge in [-0.25, -0.2) is 0 Å². The Hall–Kier alpha value is -2.93. The summed E-state index contributed by atoms with van der Waals surface area (Å²) in [7, 11) is 0. The van der Waals surface area contributed by atoms with E-state index in [0.29, 0.717) is 17.1 Å². The maximum Gasteiger partial charge on any atom is 0.269 e. The third kappa shape index (κ3) is 4.79. The number of rotatable bonds is 6. The van der Waals surface area contributed by atoms with E-state index in [0.717, 1.165) is 0 Å². The molecule has 2 rings (SSSR count). The molecule has 0 radical (unpaired) electrons. The van der Waals surface area contributed by atoms with Crippen molar-refractivity contribution in [2.75, 3.05) is 6.54 Å². The highest BCUT2D eigenvalue weighted by atomic mass is 16.6. The number of hydrogen-bond donors (Lipinski definition) is 2. The van der Waals surface area contributed by atoms with Gasteiger partial charge in [-0.3, -0.25) is 14.9 Å². The SMILES string of the molecule is CC(O)CNC(=O)c1cccc(Oc2ccc([N+](=O)[O-])cc2)c1. The van der Waals surface area contributed by atoms with Crippen molar-refractivity contribution in [1.82, 2.24) is 5.32 Å². The Morgan fingerprint density at radius 2 is 1.96 bits per heavy atom. The largest absolute Gasteiger partial charge is 0.457 e. The van der Waals surface area contributed by atoms with Crippen LogP contribution in [0.5, 0.6) is 11.5 Å². The van der Waals surface area contributed by atoms with Crippen LogP contribution >= 0.6 is 0 Å². The maximum atomic E-state index is 11.9. The van der Waals surface area contributed by atoms with Crippen LogP contribution in [0.15, 0.2) is 48.5 Å². The average molecular weight is 316 g/mol. The number of hydrogen-bond acceptors (Lipinski definition) is 5. The lowest BCUT2D eigenvalue weighted by atomic mass is 10.2. The van der Waals surface area contributed by atoms with E-state index >= 15 is 0 Å². The number of carbonyl (C=O) groups is 1. The van der Waals surface area contributed by atoms with E-state index in [1.165, 1.54) is 24.3 Å². The monoisotopic (exact) mass is 316 g/mol. The Labute approximate surface area is 132 Å². The average Bonchev–Trinajstić information content (AvgIpc) is 2.53. The molecule has 0 aliphatic carbocycles. The van der Waals surface area contributed by atoms with Crippen LogP contribution in [0.25, 0.3) is 0 Å². The molecule has 1 amide bonds. The molecule has 0 spiro atoms. The summed E-state index contributed by atoms with van der Waals surface area (Å²) in [4.78, 5) is 22.0. The van der Waals surface area contributed by atoms with Crippen molar-refractivity contribution in [2.24, 2.45) is 0 Å². The minimum absolute atomic E-state index is 0.0244. The standard InChI is InChI=1S/C16H16N2O5/c1-11(19)10-17-16(20)12-3-2-4-15(9-12)23-14-7-5-13(6-8-14)18(21)22/h2-9,11,19H,10H2,1H3,(H,17,20). The predicted octanol–water partition coefficient (Wildman–Crippen LogP) is 2.50. The molecule has 0 aliphatic heterocycles. The van der Waals surface area contributed by atoms with Gasteiger partial charge in [-0.15, -0.1) is 0 Å². The van der Waals surface area contributed by atoms with Crippen molar-refractivity contribution in [1.29, 1.82) is 0 Å². The summed E-state index contributed by atoms with van der Waals surface area (Å²) >= 11 is 0. The number of nitrogens with zero attached hydrogens (tertiary/aromatic N) is 1. The van der Waals surface area contributed by atoms with E-state index in [-0.39, 0.29) is 18.1 Å². The Bertz CT molecular complexity index is 698. The van der Waals surface area contributed by atoms with E-state index in [9.17, 15) is 20.0 Å². The van der Waals surface area contributed by atoms with Crippen molar-refractivity contribution in [3.8, 4) is 11.5 Å². The summed E-state index contributed by atoms with van der Waals surface area (Å²) in [5.41, 5.74) is 0.369. The molecule has 23 heavy (non-hydrogen) atoms. The molecule has 1 atom stereocenters. The smallest absolute Gasteiger partial charge is 0.269 e. The molecule has 2 aromatic rings. The van der Waals surface area contributed by atoms with Gasteiger partial charge in [0.2, 0.25) is 0 Å². The molecule has 0 fully saturated rings. The molecule has 0 bridgehead atoms. The zero-order valence-electron chi connectivity index (χ0n) is 12.4. The Kier molecular flexibility index (Phi) is 5.27. The molecule has 0 saturated heterocycles. The fourth-order valence-corrected chi connectivity index (χ4v) is 1.82. The zero-order chi connectivity index (χ0) is 16.8. The van der Waals surface area contributed by atoms with Gasteiger partial charge in [-0.1, -0.05) is 6.07 Å². The fourth-order valence-electron chi connectivity index (χ4n) is 1.82. The molecule has 0 saturated carbocycles. The third-order valence-electron chi connectivity index (χ3n) is 2.94. The number of aliphatic hydroxyl groups is 1. The minimum atomic E-state index is -0.626. The third-order valence-corrected chi connectivity index (χ3v) is 2.94. The zero-order valence-corrected chi connectivity index (χ0v) is 12.4. The molecule has 0 heterocycles. The number of nitrogens with one attached hydrogen (secondary N) is 1. The number of benzene rings is 2. The first-order valence-electron chi connectivity index (χ1n) is 6.94. The van der Waals surface area contributed by atoms with Crippen molar-refractivity contribution < 1.29 is 19.6 Å². The number of nitro groups is 1. The van der Waals surface area contributed by atoms with Gasteiger partial charge in [0.05, 0.1) is 11.0 Å². The Morgan fingerprint density at radius 1 is 1.26 bits per heavy atom. The van der Waals surface area contributed by atoms with E-state index in [2.05, 4.69) is 5.32 Å². The number of carbonyl (C=O) groups excluding carboxylic acids is 1. The number of non-ortho nitro benzene ring substituents is 1. The molecule has 120 valence electrons. The number of nitro benzene ring substituents is 1. The van der Waals surface area contributed by atoms with E-state index in [4.69, 9.17) is 4.74 Å². The van der Waals surface area contributed by atoms with Gasteiger partial charge >= 0.3 is 0 Å². The summed E-state index contributed by atoms with van der Waals surface area (Å²) in [6, 6.07) is 12.2. The van der Waals surface area contributed by atoms with Gasteiger partial charge in [-0.2, -0.15) is 0 Å². The van der Waals surface area contributed by atoms with Crippen LogP contribution in [0.2, 0.25) is 0 Å². The summed E-state index contributed by atoms with van der Waals surface area (Å²) in [6.07, 6.45) is -0.626. The van der Waals surface area contributed by atoms with E-state index in [1.807, 2.05) is 0 Å². The molecule has 1 unspecified atom stereocenters. The van der Waals surface area contributed by atoms with E-state index in [1.54, 1.807) is 31.2 Å². The summed E-state index contributed by atoms with van der Waals surface area (Å²) < 4.78 is 5.58. The maximum absolute atomic E-state index is 11.9. The van der Waals surface area contributed by atoms with Gasteiger partial charge < -0.3 is 15.2 Å². The Balaban J connectivity index is 2.07. The van der Waals surface area contributed by atoms with Crippen LogP contribution in [0.1, 0.15) is 17.3 Å². The van der Waals surface area contributed by atoms with Crippen LogP contribution in [-0.4, -0.2) is 28.6 Å². The van der Waals surface area contributed by atoms with E-state index < -0.39 is 11.0 Å². The van der Waals surface area contributed by atoms with Gasteiger partial charge in [0.1, 0.15) is 11.5 Å². The highest BCUT2D eigenvalue weighted by Gasteiger charge is 2.09. The summed E-state index contributed by atoms with van der Waals surface area (Å²) in [5, 5.41) is 22.4. The topological polar surface area (TPSA) is 102 Å². The first kappa shape index (κ1) is 16.4. The molecule has 2 aromatic carbocycles. The van der Waals surface area contributed by atoms with Crippen molar-refractivity contribution in [3.63, 3.8) is 0 Å². The van der Waals surface area contributed by atoms with Gasteiger partial charge in [0.15, 0.2) is 0 Å². The summed E-state index contributed by atoms with van der Waals surface area (Å²) in [5.74, 6) is 0.542. The van der Waals surface area contributed by atoms with Gasteiger partial charge in [0.25, 0.3) is 11.6 Å². The molecular formula is C16H16N2O5. The number of aliphatic hydroxyl groups excluding tert-OH is 1. The van der Waals surface area contributed by atoms with Gasteiger partial charge in [-0.05, 0) is 37.3 Å². The lowest BCUT2D eigenvalue weighted by Gasteiger charge is -2.09. The number of amides is 1. The molecule has 7 heteroatoms. The minimum Gasteiger partial charge on any atom is -0.457 e. The van der Waals surface area contributed by atoms with Crippen LogP contribution in [0.4, 0.5) is 5.69 Å². The second-order valence-corrected chi connectivity index (χ2v) is 4.94. The van der Waals surface area contributed by atoms with Crippen LogP contribution in [-0.2, 0) is 0 Å². The second kappa shape index (κ2) is 7.37. The second-order valence-electron chi connectivity index (χ2n) is 4.94. The first-order chi connectivity index (χ1) is 11.0. The Morgan fingerprint density at radius 3 is 2.57 bits per heavy atom. The van der Waals surface area contributed by atoms with Gasteiger partial charge in [0, 0.05) is 24.2 Å². The molecule has 0 aromatic heterocycles. The first-order valence-corrected chi connectivity index (χ1v) is 6.94. The predicted molar refractivity (Wildman–Crippen MR) is 83.6 cm³/mol. The molecule has 2 N–H and O–H groups in total. The molecule has 7 nitrogen and oxygen atoms in total. The number of ether oxygens (including phenoxy) is 1.